The smallest absolute Gasteiger partial charge is 0.251 e. The number of fused-ring (bicyclic) bond motifs is 2. The lowest BCUT2D eigenvalue weighted by Crippen LogP contribution is -2.50. The van der Waals surface area contributed by atoms with Gasteiger partial charge in [0.15, 0.2) is 0 Å². The van der Waals surface area contributed by atoms with Crippen molar-refractivity contribution in [2.45, 2.75) is 37.7 Å². The number of methoxy groups -OCH3 is 1. The van der Waals surface area contributed by atoms with E-state index in [-0.39, 0.29) is 17.3 Å². The number of pyridine rings is 1. The molecular weight excluding hydrogens is 483 g/mol. The zero-order chi connectivity index (χ0) is 26.3. The minimum Gasteiger partial charge on any atom is -0.487 e. The summed E-state index contributed by atoms with van der Waals surface area (Å²) in [5, 5.41) is 2.86. The van der Waals surface area contributed by atoms with Crippen molar-refractivity contribution < 1.29 is 18.7 Å². The van der Waals surface area contributed by atoms with Gasteiger partial charge >= 0.3 is 0 Å². The van der Waals surface area contributed by atoms with Crippen LogP contribution in [0, 0.1) is 5.95 Å². The predicted octanol–water partition coefficient (Wildman–Crippen LogP) is 4.23. The van der Waals surface area contributed by atoms with Crippen LogP contribution in [-0.2, 0) is 17.6 Å². The minimum absolute atomic E-state index is 0.0709. The second-order valence-electron chi connectivity index (χ2n) is 10.6. The number of nitrogens with two attached hydrogens (primary N) is 1. The maximum Gasteiger partial charge on any atom is 0.251 e. The van der Waals surface area contributed by atoms with Crippen LogP contribution in [0.3, 0.4) is 0 Å². The van der Waals surface area contributed by atoms with Crippen molar-refractivity contribution in [2.75, 3.05) is 45.6 Å². The highest BCUT2D eigenvalue weighted by Crippen LogP contribution is 2.41. The Morgan fingerprint density at radius 3 is 2.61 bits per heavy atom. The Labute approximate surface area is 222 Å². The van der Waals surface area contributed by atoms with Gasteiger partial charge in [-0.15, -0.1) is 0 Å². The number of amides is 1. The predicted molar refractivity (Wildman–Crippen MR) is 145 cm³/mol. The van der Waals surface area contributed by atoms with Crippen molar-refractivity contribution in [3.8, 4) is 28.0 Å². The second kappa shape index (κ2) is 10.0. The van der Waals surface area contributed by atoms with E-state index in [1.54, 1.807) is 19.2 Å². The highest BCUT2D eigenvalue weighted by molar-refractivity contribution is 5.97. The molecule has 8 heteroatoms. The summed E-state index contributed by atoms with van der Waals surface area (Å²) < 4.78 is 26.9. The molecule has 0 bridgehead atoms. The van der Waals surface area contributed by atoms with Crippen LogP contribution in [0.1, 0.15) is 40.7 Å². The Balaban J connectivity index is 1.25. The first-order valence-electron chi connectivity index (χ1n) is 13.4. The number of halogens is 1. The average molecular weight is 517 g/mol. The van der Waals surface area contributed by atoms with Gasteiger partial charge in [0, 0.05) is 50.0 Å². The van der Waals surface area contributed by atoms with Gasteiger partial charge in [-0.05, 0) is 78.6 Å². The summed E-state index contributed by atoms with van der Waals surface area (Å²) in [7, 11) is 1.74. The minimum atomic E-state index is -0.597. The van der Waals surface area contributed by atoms with Crippen LogP contribution in [-0.4, -0.2) is 61.3 Å². The molecule has 1 amide bonds. The zero-order valence-electron chi connectivity index (χ0n) is 21.7. The summed E-state index contributed by atoms with van der Waals surface area (Å²) in [6.07, 6.45) is 4.59. The molecule has 0 saturated carbocycles. The SMILES string of the molecule is COCCN1CCC2(CCc3cc(-c4cc(-c5ccc6c(c5)CCNC6=O)c(N)nc4F)ccc3O2)CC1. The molecular formula is C30H33FN4O3. The van der Waals surface area contributed by atoms with Crippen molar-refractivity contribution in [1.29, 1.82) is 0 Å². The first-order valence-corrected chi connectivity index (χ1v) is 13.4. The lowest BCUT2D eigenvalue weighted by Gasteiger charge is -2.44. The van der Waals surface area contributed by atoms with Crippen molar-refractivity contribution in [3.05, 3.63) is 65.1 Å². The molecule has 3 N–H and O–H groups in total. The number of rotatable bonds is 5. The number of nitrogens with zero attached hydrogens (tertiary/aromatic N) is 2. The van der Waals surface area contributed by atoms with Gasteiger partial charge in [0.1, 0.15) is 17.2 Å². The number of nitrogen functional groups attached to an aromatic ring is 1. The first-order chi connectivity index (χ1) is 18.4. The lowest BCUT2D eigenvalue weighted by molar-refractivity contribution is -0.0185. The molecule has 3 aliphatic heterocycles. The first kappa shape index (κ1) is 24.8. The van der Waals surface area contributed by atoms with Crippen LogP contribution < -0.4 is 15.8 Å². The lowest BCUT2D eigenvalue weighted by atomic mass is 9.82. The van der Waals surface area contributed by atoms with E-state index in [4.69, 9.17) is 15.2 Å². The number of carbonyl (C=O) groups excluding carboxylic acids is 1. The van der Waals surface area contributed by atoms with Crippen molar-refractivity contribution >= 4 is 11.7 Å². The third-order valence-corrected chi connectivity index (χ3v) is 8.27. The van der Waals surface area contributed by atoms with Crippen LogP contribution in [0.2, 0.25) is 0 Å². The molecule has 0 aliphatic carbocycles. The summed E-state index contributed by atoms with van der Waals surface area (Å²) in [5.41, 5.74) is 11.4. The zero-order valence-corrected chi connectivity index (χ0v) is 21.7. The molecule has 0 atom stereocenters. The summed E-state index contributed by atoms with van der Waals surface area (Å²) in [6, 6.07) is 13.3. The molecule has 0 radical (unpaired) electrons. The van der Waals surface area contributed by atoms with E-state index in [0.29, 0.717) is 23.2 Å². The van der Waals surface area contributed by atoms with E-state index < -0.39 is 5.95 Å². The standard InChI is InChI=1S/C30H33FN4O3/c1-37-15-14-35-12-9-30(10-13-35)8-6-22-17-19(3-5-26(22)38-30)24-18-25(28(32)34-27(24)31)20-2-4-23-21(16-20)7-11-33-29(23)36/h2-5,16-18H,6-15H2,1H3,(H2,32,34)(H,33,36). The third kappa shape index (κ3) is 4.63. The normalized spacial score (nSPS) is 18.4. The number of likely N-dealkylation sites (tertiary alicyclic amines) is 1. The van der Waals surface area contributed by atoms with Gasteiger partial charge in [0.25, 0.3) is 5.91 Å². The molecule has 1 spiro atoms. The number of hydrogen-bond donors (Lipinski definition) is 2. The van der Waals surface area contributed by atoms with E-state index in [1.165, 1.54) is 0 Å². The molecule has 1 fully saturated rings. The second-order valence-corrected chi connectivity index (χ2v) is 10.6. The monoisotopic (exact) mass is 516 g/mol. The quantitative estimate of drug-likeness (QED) is 0.494. The Kier molecular flexibility index (Phi) is 6.53. The molecule has 4 heterocycles. The Bertz CT molecular complexity index is 1380. The Morgan fingerprint density at radius 1 is 1.03 bits per heavy atom. The third-order valence-electron chi connectivity index (χ3n) is 8.27. The largest absolute Gasteiger partial charge is 0.487 e. The fraction of sp³-hybridized carbons (Fsp3) is 0.400. The molecule has 7 nitrogen and oxygen atoms in total. The number of nitrogens with one attached hydrogen (secondary N) is 1. The van der Waals surface area contributed by atoms with Crippen molar-refractivity contribution in [2.24, 2.45) is 0 Å². The number of ether oxygens (including phenoxy) is 2. The molecule has 38 heavy (non-hydrogen) atoms. The molecule has 1 saturated heterocycles. The van der Waals surface area contributed by atoms with E-state index in [0.717, 1.165) is 86.3 Å². The molecule has 0 unspecified atom stereocenters. The fourth-order valence-corrected chi connectivity index (χ4v) is 5.98. The van der Waals surface area contributed by atoms with E-state index in [1.807, 2.05) is 30.3 Å². The molecule has 6 rings (SSSR count). The number of hydrogen-bond acceptors (Lipinski definition) is 6. The molecule has 198 valence electrons. The maximum atomic E-state index is 15.1. The van der Waals surface area contributed by atoms with Gasteiger partial charge in [-0.1, -0.05) is 18.2 Å². The Morgan fingerprint density at radius 2 is 1.79 bits per heavy atom. The van der Waals surface area contributed by atoms with Crippen LogP contribution in [0.4, 0.5) is 10.2 Å². The van der Waals surface area contributed by atoms with Crippen molar-refractivity contribution in [3.63, 3.8) is 0 Å². The molecule has 3 aliphatic rings. The van der Waals surface area contributed by atoms with E-state index in [2.05, 4.69) is 15.2 Å². The maximum absolute atomic E-state index is 15.1. The number of piperidine rings is 1. The van der Waals surface area contributed by atoms with E-state index in [9.17, 15) is 4.79 Å². The number of carbonyl (C=O) groups is 1. The van der Waals surface area contributed by atoms with Gasteiger partial charge < -0.3 is 25.4 Å². The number of aromatic nitrogens is 1. The van der Waals surface area contributed by atoms with Crippen LogP contribution >= 0.6 is 0 Å². The fourth-order valence-electron chi connectivity index (χ4n) is 5.98. The van der Waals surface area contributed by atoms with Gasteiger partial charge in [0.05, 0.1) is 6.61 Å². The molecule has 1 aromatic heterocycles. The van der Waals surface area contributed by atoms with Crippen LogP contribution in [0.25, 0.3) is 22.3 Å². The van der Waals surface area contributed by atoms with Gasteiger partial charge in [-0.3, -0.25) is 4.79 Å². The van der Waals surface area contributed by atoms with Crippen LogP contribution in [0.5, 0.6) is 5.75 Å². The van der Waals surface area contributed by atoms with Gasteiger partial charge in [0.2, 0.25) is 5.95 Å². The van der Waals surface area contributed by atoms with Gasteiger partial charge in [-0.25, -0.2) is 4.98 Å². The summed E-state index contributed by atoms with van der Waals surface area (Å²) in [6.45, 7) is 4.32. The summed E-state index contributed by atoms with van der Waals surface area (Å²) in [4.78, 5) is 18.6. The molecule has 3 aromatic rings. The topological polar surface area (TPSA) is 89.7 Å². The number of aryl methyl sites for hydroxylation is 1. The highest BCUT2D eigenvalue weighted by atomic mass is 19.1. The summed E-state index contributed by atoms with van der Waals surface area (Å²) in [5.74, 6) is 0.354. The number of anilines is 1. The highest BCUT2D eigenvalue weighted by Gasteiger charge is 2.39. The van der Waals surface area contributed by atoms with E-state index >= 15 is 4.39 Å². The summed E-state index contributed by atoms with van der Waals surface area (Å²) >= 11 is 0. The average Bonchev–Trinajstić information content (AvgIpc) is 2.93. The Hall–Kier alpha value is -3.49. The van der Waals surface area contributed by atoms with Gasteiger partial charge in [-0.2, -0.15) is 4.39 Å². The molecule has 2 aromatic carbocycles. The van der Waals surface area contributed by atoms with Crippen LogP contribution in [0.15, 0.2) is 42.5 Å². The van der Waals surface area contributed by atoms with Crippen molar-refractivity contribution in [1.82, 2.24) is 15.2 Å². The number of benzene rings is 2.